The highest BCUT2D eigenvalue weighted by Gasteiger charge is 2.13. The average Bonchev–Trinajstić information content (AvgIpc) is 3.20. The maximum absolute atomic E-state index is 12.6. The molecule has 144 valence electrons. The molecular formula is C22H22N2O3S. The van der Waals surface area contributed by atoms with Crippen molar-refractivity contribution in [2.75, 3.05) is 5.32 Å². The largest absolute Gasteiger partial charge is 0.488 e. The molecule has 2 N–H and O–H groups in total. The van der Waals surface area contributed by atoms with Crippen LogP contribution in [-0.2, 0) is 11.4 Å². The zero-order valence-corrected chi connectivity index (χ0v) is 16.6. The molecule has 0 aliphatic rings. The van der Waals surface area contributed by atoms with Gasteiger partial charge in [0.05, 0.1) is 6.04 Å². The Morgan fingerprint density at radius 2 is 1.89 bits per heavy atom. The molecule has 0 aliphatic carbocycles. The number of rotatable bonds is 7. The van der Waals surface area contributed by atoms with E-state index in [0.29, 0.717) is 23.6 Å². The number of ether oxygens (including phenoxy) is 1. The number of nitrogens with one attached hydrogen (secondary N) is 2. The van der Waals surface area contributed by atoms with Gasteiger partial charge in [0.2, 0.25) is 5.91 Å². The van der Waals surface area contributed by atoms with Crippen LogP contribution in [0.3, 0.4) is 0 Å². The van der Waals surface area contributed by atoms with E-state index in [4.69, 9.17) is 4.74 Å². The third-order valence-corrected chi connectivity index (χ3v) is 4.96. The lowest BCUT2D eigenvalue weighted by atomic mass is 10.1. The molecule has 3 rings (SSSR count). The summed E-state index contributed by atoms with van der Waals surface area (Å²) in [6, 6.07) is 18.4. The van der Waals surface area contributed by atoms with Crippen LogP contribution >= 0.6 is 11.3 Å². The predicted molar refractivity (Wildman–Crippen MR) is 112 cm³/mol. The molecule has 0 aliphatic heterocycles. The first-order valence-corrected chi connectivity index (χ1v) is 9.83. The van der Waals surface area contributed by atoms with Crippen molar-refractivity contribution in [1.29, 1.82) is 0 Å². The van der Waals surface area contributed by atoms with Gasteiger partial charge in [-0.1, -0.05) is 24.3 Å². The Morgan fingerprint density at radius 3 is 2.64 bits per heavy atom. The maximum atomic E-state index is 12.6. The van der Waals surface area contributed by atoms with Crippen molar-refractivity contribution < 1.29 is 14.3 Å². The maximum Gasteiger partial charge on any atom is 0.251 e. The van der Waals surface area contributed by atoms with E-state index in [-0.39, 0.29) is 17.9 Å². The number of thiophene rings is 1. The quantitative estimate of drug-likeness (QED) is 0.606. The first-order valence-electron chi connectivity index (χ1n) is 8.95. The number of anilines is 1. The summed E-state index contributed by atoms with van der Waals surface area (Å²) < 4.78 is 5.77. The summed E-state index contributed by atoms with van der Waals surface area (Å²) in [6.45, 7) is 3.85. The highest BCUT2D eigenvalue weighted by molar-refractivity contribution is 7.09. The van der Waals surface area contributed by atoms with Crippen molar-refractivity contribution in [1.82, 2.24) is 5.32 Å². The van der Waals surface area contributed by atoms with Gasteiger partial charge < -0.3 is 15.4 Å². The van der Waals surface area contributed by atoms with Crippen LogP contribution in [0.15, 0.2) is 66.0 Å². The number of amides is 2. The molecule has 1 atom stereocenters. The Labute approximate surface area is 168 Å². The normalized spacial score (nSPS) is 11.5. The SMILES string of the molecule is CC(=O)Nc1cccc([C@H](C)NC(=O)c2cccc(OCc3cccs3)c2)c1. The van der Waals surface area contributed by atoms with Crippen molar-refractivity contribution >= 4 is 28.8 Å². The molecule has 0 fully saturated rings. The van der Waals surface area contributed by atoms with E-state index in [1.54, 1.807) is 29.5 Å². The second-order valence-electron chi connectivity index (χ2n) is 6.40. The van der Waals surface area contributed by atoms with Gasteiger partial charge in [0.1, 0.15) is 12.4 Å². The highest BCUT2D eigenvalue weighted by atomic mass is 32.1. The summed E-state index contributed by atoms with van der Waals surface area (Å²) >= 11 is 1.63. The molecule has 1 heterocycles. The van der Waals surface area contributed by atoms with Gasteiger partial charge in [-0.3, -0.25) is 9.59 Å². The molecule has 0 saturated carbocycles. The molecule has 3 aromatic rings. The summed E-state index contributed by atoms with van der Waals surface area (Å²) in [5.74, 6) is 0.341. The summed E-state index contributed by atoms with van der Waals surface area (Å²) in [5.41, 5.74) is 2.15. The van der Waals surface area contributed by atoms with E-state index in [1.165, 1.54) is 6.92 Å². The van der Waals surface area contributed by atoms with Crippen LogP contribution in [0.25, 0.3) is 0 Å². The van der Waals surface area contributed by atoms with Crippen LogP contribution in [0.2, 0.25) is 0 Å². The Bertz CT molecular complexity index is 954. The van der Waals surface area contributed by atoms with Crippen LogP contribution in [0.4, 0.5) is 5.69 Å². The first-order chi connectivity index (χ1) is 13.5. The van der Waals surface area contributed by atoms with Crippen molar-refractivity contribution in [3.05, 3.63) is 82.0 Å². The monoisotopic (exact) mass is 394 g/mol. The van der Waals surface area contributed by atoms with Gasteiger partial charge in [0.25, 0.3) is 5.91 Å². The van der Waals surface area contributed by atoms with Crippen molar-refractivity contribution in [3.63, 3.8) is 0 Å². The zero-order valence-electron chi connectivity index (χ0n) is 15.8. The van der Waals surface area contributed by atoms with Crippen molar-refractivity contribution in [2.45, 2.75) is 26.5 Å². The molecule has 0 radical (unpaired) electrons. The zero-order chi connectivity index (χ0) is 19.9. The van der Waals surface area contributed by atoms with Crippen molar-refractivity contribution in [2.24, 2.45) is 0 Å². The number of carbonyl (C=O) groups excluding carboxylic acids is 2. The van der Waals surface area contributed by atoms with E-state index >= 15 is 0 Å². The molecule has 0 bridgehead atoms. The minimum Gasteiger partial charge on any atom is -0.488 e. The number of benzene rings is 2. The van der Waals surface area contributed by atoms with Crippen LogP contribution in [0, 0.1) is 0 Å². The van der Waals surface area contributed by atoms with Gasteiger partial charge in [-0.25, -0.2) is 0 Å². The van der Waals surface area contributed by atoms with Crippen LogP contribution in [0.1, 0.15) is 40.7 Å². The third kappa shape index (κ3) is 5.44. The molecule has 5 nitrogen and oxygen atoms in total. The number of hydrogen-bond donors (Lipinski definition) is 2. The van der Waals surface area contributed by atoms with E-state index < -0.39 is 0 Å². The van der Waals surface area contributed by atoms with E-state index in [2.05, 4.69) is 10.6 Å². The van der Waals surface area contributed by atoms with Gasteiger partial charge >= 0.3 is 0 Å². The van der Waals surface area contributed by atoms with Gasteiger partial charge in [-0.05, 0) is 54.3 Å². The Morgan fingerprint density at radius 1 is 1.07 bits per heavy atom. The van der Waals surface area contributed by atoms with Crippen LogP contribution in [-0.4, -0.2) is 11.8 Å². The average molecular weight is 394 g/mol. The lowest BCUT2D eigenvalue weighted by Gasteiger charge is -2.16. The van der Waals surface area contributed by atoms with E-state index in [1.807, 2.05) is 54.8 Å². The van der Waals surface area contributed by atoms with Gasteiger partial charge in [0.15, 0.2) is 0 Å². The Balaban J connectivity index is 1.64. The molecule has 28 heavy (non-hydrogen) atoms. The molecule has 2 aromatic carbocycles. The second kappa shape index (κ2) is 9.19. The number of hydrogen-bond acceptors (Lipinski definition) is 4. The van der Waals surface area contributed by atoms with Gasteiger partial charge in [0, 0.05) is 23.1 Å². The van der Waals surface area contributed by atoms with Gasteiger partial charge in [-0.15, -0.1) is 11.3 Å². The summed E-state index contributed by atoms with van der Waals surface area (Å²) in [6.07, 6.45) is 0. The fourth-order valence-corrected chi connectivity index (χ4v) is 3.34. The lowest BCUT2D eigenvalue weighted by Crippen LogP contribution is -2.26. The second-order valence-corrected chi connectivity index (χ2v) is 7.43. The standard InChI is InChI=1S/C22H22N2O3S/c1-15(17-6-3-8-19(12-17)24-16(2)25)23-22(26)18-7-4-9-20(13-18)27-14-21-10-5-11-28-21/h3-13,15H,14H2,1-2H3,(H,23,26)(H,24,25)/t15-/m0/s1. The smallest absolute Gasteiger partial charge is 0.251 e. The minimum atomic E-state index is -0.211. The third-order valence-electron chi connectivity index (χ3n) is 4.11. The lowest BCUT2D eigenvalue weighted by molar-refractivity contribution is -0.114. The molecule has 0 spiro atoms. The Kier molecular flexibility index (Phi) is 6.45. The van der Waals surface area contributed by atoms with E-state index in [0.717, 1.165) is 10.4 Å². The Hall–Kier alpha value is -3.12. The van der Waals surface area contributed by atoms with Crippen molar-refractivity contribution in [3.8, 4) is 5.75 Å². The molecule has 0 saturated heterocycles. The molecule has 1 aromatic heterocycles. The molecule has 0 unspecified atom stereocenters. The highest BCUT2D eigenvalue weighted by Crippen LogP contribution is 2.20. The fraction of sp³-hybridized carbons (Fsp3) is 0.182. The molecular weight excluding hydrogens is 372 g/mol. The minimum absolute atomic E-state index is 0.131. The van der Waals surface area contributed by atoms with Crippen LogP contribution < -0.4 is 15.4 Å². The van der Waals surface area contributed by atoms with E-state index in [9.17, 15) is 9.59 Å². The molecule has 6 heteroatoms. The topological polar surface area (TPSA) is 67.4 Å². The van der Waals surface area contributed by atoms with Gasteiger partial charge in [-0.2, -0.15) is 0 Å². The number of carbonyl (C=O) groups is 2. The van der Waals surface area contributed by atoms with Crippen LogP contribution in [0.5, 0.6) is 5.75 Å². The predicted octanol–water partition coefficient (Wildman–Crippen LogP) is 4.78. The first kappa shape index (κ1) is 19.6. The summed E-state index contributed by atoms with van der Waals surface area (Å²) in [5, 5.41) is 7.74. The fourth-order valence-electron chi connectivity index (χ4n) is 2.73. The summed E-state index contributed by atoms with van der Waals surface area (Å²) in [4.78, 5) is 25.0. The molecule has 2 amide bonds. The summed E-state index contributed by atoms with van der Waals surface area (Å²) in [7, 11) is 0.